The third kappa shape index (κ3) is 2.60. The highest BCUT2D eigenvalue weighted by atomic mass is 35.5. The van der Waals surface area contributed by atoms with Crippen molar-refractivity contribution in [2.75, 3.05) is 11.9 Å². The number of nitrogens with one attached hydrogen (secondary N) is 1. The molecule has 0 saturated carbocycles. The van der Waals surface area contributed by atoms with E-state index in [2.05, 4.69) is 15.4 Å². The summed E-state index contributed by atoms with van der Waals surface area (Å²) in [5, 5.41) is 9.28. The highest BCUT2D eigenvalue weighted by Crippen LogP contribution is 2.27. The molecule has 0 saturated heterocycles. The summed E-state index contributed by atoms with van der Waals surface area (Å²) in [4.78, 5) is 4.41. The molecule has 0 bridgehead atoms. The number of benzene rings is 1. The predicted molar refractivity (Wildman–Crippen MR) is 82.2 cm³/mol. The molecule has 0 unspecified atom stereocenters. The zero-order valence-corrected chi connectivity index (χ0v) is 11.9. The second-order valence-electron chi connectivity index (χ2n) is 4.69. The van der Waals surface area contributed by atoms with E-state index < -0.39 is 0 Å². The lowest BCUT2D eigenvalue weighted by Gasteiger charge is -2.09. The van der Waals surface area contributed by atoms with Crippen LogP contribution in [0.3, 0.4) is 0 Å². The summed E-state index contributed by atoms with van der Waals surface area (Å²) in [5.74, 6) is 0. The Labute approximate surface area is 122 Å². The second-order valence-corrected chi connectivity index (χ2v) is 5.10. The van der Waals surface area contributed by atoms with Crippen LogP contribution in [0, 0.1) is 0 Å². The van der Waals surface area contributed by atoms with Gasteiger partial charge in [-0.15, -0.1) is 0 Å². The number of hydrogen-bond acceptors (Lipinski definition) is 3. The maximum absolute atomic E-state index is 6.18. The molecule has 0 fully saturated rings. The first-order valence-electron chi connectivity index (χ1n) is 6.48. The highest BCUT2D eigenvalue weighted by molar-refractivity contribution is 6.35. The van der Waals surface area contributed by atoms with E-state index in [1.165, 1.54) is 5.56 Å². The fourth-order valence-electron chi connectivity index (χ4n) is 2.22. The lowest BCUT2D eigenvalue weighted by molar-refractivity contribution is 0.767. The van der Waals surface area contributed by atoms with Gasteiger partial charge in [0.15, 0.2) is 0 Å². The molecule has 0 amide bonds. The molecule has 4 nitrogen and oxygen atoms in total. The molecule has 0 atom stereocenters. The Hall–Kier alpha value is -2.07. The van der Waals surface area contributed by atoms with Gasteiger partial charge in [0.05, 0.1) is 22.4 Å². The van der Waals surface area contributed by atoms with Gasteiger partial charge in [-0.2, -0.15) is 5.10 Å². The van der Waals surface area contributed by atoms with Gasteiger partial charge in [-0.25, -0.2) is 0 Å². The topological polar surface area (TPSA) is 42.7 Å². The molecule has 2 heterocycles. The summed E-state index contributed by atoms with van der Waals surface area (Å²) >= 11 is 6.18. The lowest BCUT2D eigenvalue weighted by atomic mass is 10.2. The van der Waals surface area contributed by atoms with Crippen LogP contribution in [0.1, 0.15) is 5.56 Å². The van der Waals surface area contributed by atoms with Crippen molar-refractivity contribution in [3.05, 3.63) is 53.4 Å². The molecule has 5 heteroatoms. The molecule has 3 rings (SSSR count). The fraction of sp³-hybridized carbons (Fsp3) is 0.200. The number of pyridine rings is 1. The zero-order valence-electron chi connectivity index (χ0n) is 11.2. The van der Waals surface area contributed by atoms with Crippen LogP contribution < -0.4 is 5.32 Å². The van der Waals surface area contributed by atoms with Gasteiger partial charge in [-0.05, 0) is 36.2 Å². The van der Waals surface area contributed by atoms with E-state index in [0.29, 0.717) is 0 Å². The number of rotatable bonds is 4. The Kier molecular flexibility index (Phi) is 3.56. The Morgan fingerprint density at radius 2 is 2.20 bits per heavy atom. The van der Waals surface area contributed by atoms with E-state index in [1.807, 2.05) is 48.4 Å². The summed E-state index contributed by atoms with van der Waals surface area (Å²) in [6.45, 7) is 0.832. The number of fused-ring (bicyclic) bond motifs is 1. The predicted octanol–water partition coefficient (Wildman–Crippen LogP) is 3.28. The fourth-order valence-corrected chi connectivity index (χ4v) is 2.44. The van der Waals surface area contributed by atoms with Crippen molar-refractivity contribution in [3.8, 4) is 0 Å². The molecule has 2 aromatic heterocycles. The number of hydrogen-bond donors (Lipinski definition) is 1. The number of halogens is 1. The van der Waals surface area contributed by atoms with Crippen molar-refractivity contribution in [3.63, 3.8) is 0 Å². The largest absolute Gasteiger partial charge is 0.383 e. The minimum atomic E-state index is 0.728. The van der Waals surface area contributed by atoms with Gasteiger partial charge in [0.25, 0.3) is 0 Å². The number of aromatic nitrogens is 3. The van der Waals surface area contributed by atoms with Gasteiger partial charge in [0, 0.05) is 31.4 Å². The molecule has 20 heavy (non-hydrogen) atoms. The van der Waals surface area contributed by atoms with Crippen LogP contribution in [-0.2, 0) is 13.5 Å². The molecule has 102 valence electrons. The standard InChI is InChI=1S/C15H15ClN4/c1-20-10-11(9-19-20)6-8-17-14-5-4-13(16)12-3-2-7-18-15(12)14/h2-5,7,9-10,17H,6,8H2,1H3. The van der Waals surface area contributed by atoms with Crippen molar-refractivity contribution in [1.29, 1.82) is 0 Å². The number of aryl methyl sites for hydroxylation is 1. The molecule has 0 aliphatic carbocycles. The van der Waals surface area contributed by atoms with E-state index in [4.69, 9.17) is 11.6 Å². The van der Waals surface area contributed by atoms with Crippen LogP contribution in [0.25, 0.3) is 10.9 Å². The van der Waals surface area contributed by atoms with E-state index >= 15 is 0 Å². The molecular formula is C15H15ClN4. The molecule has 3 aromatic rings. The minimum absolute atomic E-state index is 0.728. The van der Waals surface area contributed by atoms with Gasteiger partial charge in [0.1, 0.15) is 0 Å². The number of nitrogens with zero attached hydrogens (tertiary/aromatic N) is 3. The zero-order chi connectivity index (χ0) is 13.9. The molecule has 0 aliphatic heterocycles. The van der Waals surface area contributed by atoms with Crippen LogP contribution in [0.4, 0.5) is 5.69 Å². The van der Waals surface area contributed by atoms with Crippen LogP contribution in [0.5, 0.6) is 0 Å². The van der Waals surface area contributed by atoms with Crippen molar-refractivity contribution in [1.82, 2.24) is 14.8 Å². The van der Waals surface area contributed by atoms with Gasteiger partial charge in [-0.3, -0.25) is 9.67 Å². The molecular weight excluding hydrogens is 272 g/mol. The summed E-state index contributed by atoms with van der Waals surface area (Å²) in [7, 11) is 1.92. The minimum Gasteiger partial charge on any atom is -0.383 e. The Balaban J connectivity index is 1.76. The lowest BCUT2D eigenvalue weighted by Crippen LogP contribution is -2.05. The molecule has 1 N–H and O–H groups in total. The van der Waals surface area contributed by atoms with E-state index in [1.54, 1.807) is 6.20 Å². The summed E-state index contributed by atoms with van der Waals surface area (Å²) < 4.78 is 1.81. The highest BCUT2D eigenvalue weighted by Gasteiger charge is 2.05. The SMILES string of the molecule is Cn1cc(CCNc2ccc(Cl)c3cccnc23)cn1. The van der Waals surface area contributed by atoms with Crippen molar-refractivity contribution >= 4 is 28.2 Å². The van der Waals surface area contributed by atoms with Crippen molar-refractivity contribution < 1.29 is 0 Å². The van der Waals surface area contributed by atoms with Gasteiger partial charge >= 0.3 is 0 Å². The third-order valence-electron chi connectivity index (χ3n) is 3.20. The first-order valence-corrected chi connectivity index (χ1v) is 6.86. The third-order valence-corrected chi connectivity index (χ3v) is 3.53. The average molecular weight is 287 g/mol. The van der Waals surface area contributed by atoms with Crippen LogP contribution >= 0.6 is 11.6 Å². The van der Waals surface area contributed by atoms with E-state index in [9.17, 15) is 0 Å². The van der Waals surface area contributed by atoms with Crippen LogP contribution in [0.2, 0.25) is 5.02 Å². The first kappa shape index (κ1) is 12.9. The van der Waals surface area contributed by atoms with Gasteiger partial charge < -0.3 is 5.32 Å². The average Bonchev–Trinajstić information content (AvgIpc) is 2.87. The van der Waals surface area contributed by atoms with Crippen molar-refractivity contribution in [2.24, 2.45) is 7.05 Å². The monoisotopic (exact) mass is 286 g/mol. The normalized spacial score (nSPS) is 10.9. The molecule has 0 spiro atoms. The Morgan fingerprint density at radius 3 is 3.00 bits per heavy atom. The molecule has 0 radical (unpaired) electrons. The molecule has 0 aliphatic rings. The maximum atomic E-state index is 6.18. The van der Waals surface area contributed by atoms with E-state index in [0.717, 1.165) is 34.6 Å². The van der Waals surface area contributed by atoms with Gasteiger partial charge in [-0.1, -0.05) is 11.6 Å². The Morgan fingerprint density at radius 1 is 1.30 bits per heavy atom. The van der Waals surface area contributed by atoms with Crippen molar-refractivity contribution in [2.45, 2.75) is 6.42 Å². The molecule has 1 aromatic carbocycles. The van der Waals surface area contributed by atoms with Gasteiger partial charge in [0.2, 0.25) is 0 Å². The van der Waals surface area contributed by atoms with Crippen LogP contribution in [-0.4, -0.2) is 21.3 Å². The first-order chi connectivity index (χ1) is 9.74. The Bertz CT molecular complexity index is 736. The number of anilines is 1. The smallest absolute Gasteiger partial charge is 0.0948 e. The second kappa shape index (κ2) is 5.51. The maximum Gasteiger partial charge on any atom is 0.0948 e. The summed E-state index contributed by atoms with van der Waals surface area (Å²) in [6, 6.07) is 7.75. The van der Waals surface area contributed by atoms with E-state index in [-0.39, 0.29) is 0 Å². The summed E-state index contributed by atoms with van der Waals surface area (Å²) in [5.41, 5.74) is 3.13. The van der Waals surface area contributed by atoms with Crippen LogP contribution in [0.15, 0.2) is 42.9 Å². The summed E-state index contributed by atoms with van der Waals surface area (Å²) in [6.07, 6.45) is 6.62. The quantitative estimate of drug-likeness (QED) is 0.800.